The van der Waals surface area contributed by atoms with Gasteiger partial charge in [-0.05, 0) is 25.5 Å². The molecule has 0 amide bonds. The Kier molecular flexibility index (Phi) is 1.63. The van der Waals surface area contributed by atoms with Gasteiger partial charge in [-0.25, -0.2) is 0 Å². The SMILES string of the molecule is Cc1cc(C)c2c(c1)-c1[nH]ncc1CN2. The predicted octanol–water partition coefficient (Wildman–Crippen LogP) is 2.62. The maximum absolute atomic E-state index is 4.10. The van der Waals surface area contributed by atoms with Gasteiger partial charge in [-0.15, -0.1) is 0 Å². The van der Waals surface area contributed by atoms with Crippen molar-refractivity contribution in [2.45, 2.75) is 20.4 Å². The fraction of sp³-hybridized carbons (Fsp3) is 0.250. The first kappa shape index (κ1) is 8.53. The van der Waals surface area contributed by atoms with Gasteiger partial charge in [-0.1, -0.05) is 11.6 Å². The van der Waals surface area contributed by atoms with Crippen LogP contribution in [-0.4, -0.2) is 10.2 Å². The summed E-state index contributed by atoms with van der Waals surface area (Å²) in [5.74, 6) is 0. The molecule has 0 saturated heterocycles. The van der Waals surface area contributed by atoms with Crippen molar-refractivity contribution in [3.8, 4) is 11.3 Å². The van der Waals surface area contributed by atoms with Crippen LogP contribution in [0.2, 0.25) is 0 Å². The van der Waals surface area contributed by atoms with E-state index in [1.807, 2.05) is 6.20 Å². The van der Waals surface area contributed by atoms with Gasteiger partial charge >= 0.3 is 0 Å². The Bertz CT molecular complexity index is 526. The van der Waals surface area contributed by atoms with E-state index in [2.05, 4.69) is 41.5 Å². The lowest BCUT2D eigenvalue weighted by Gasteiger charge is -2.20. The molecule has 0 aliphatic carbocycles. The molecule has 1 aromatic carbocycles. The van der Waals surface area contributed by atoms with Crippen LogP contribution in [-0.2, 0) is 6.54 Å². The summed E-state index contributed by atoms with van der Waals surface area (Å²) in [6.45, 7) is 5.13. The Balaban J connectivity index is 2.32. The quantitative estimate of drug-likeness (QED) is 0.684. The molecule has 2 heterocycles. The Morgan fingerprint density at radius 3 is 3.00 bits per heavy atom. The minimum atomic E-state index is 0.864. The number of fused-ring (bicyclic) bond motifs is 3. The molecule has 0 bridgehead atoms. The van der Waals surface area contributed by atoms with Gasteiger partial charge in [0.25, 0.3) is 0 Å². The molecule has 2 aromatic rings. The maximum Gasteiger partial charge on any atom is 0.0721 e. The monoisotopic (exact) mass is 199 g/mol. The Morgan fingerprint density at radius 2 is 2.13 bits per heavy atom. The van der Waals surface area contributed by atoms with Crippen LogP contribution in [0.15, 0.2) is 18.3 Å². The van der Waals surface area contributed by atoms with Crippen molar-refractivity contribution in [3.05, 3.63) is 35.0 Å². The van der Waals surface area contributed by atoms with Gasteiger partial charge < -0.3 is 5.32 Å². The number of aromatic nitrogens is 2. The predicted molar refractivity (Wildman–Crippen MR) is 60.8 cm³/mol. The molecule has 0 spiro atoms. The smallest absolute Gasteiger partial charge is 0.0721 e. The number of aryl methyl sites for hydroxylation is 2. The molecule has 0 radical (unpaired) electrons. The summed E-state index contributed by atoms with van der Waals surface area (Å²) in [6, 6.07) is 4.40. The second-order valence-corrected chi connectivity index (χ2v) is 4.13. The lowest BCUT2D eigenvalue weighted by atomic mass is 9.96. The first-order chi connectivity index (χ1) is 7.25. The van der Waals surface area contributed by atoms with Crippen molar-refractivity contribution in [1.82, 2.24) is 10.2 Å². The van der Waals surface area contributed by atoms with Crippen LogP contribution in [0.3, 0.4) is 0 Å². The fourth-order valence-corrected chi connectivity index (χ4v) is 2.26. The summed E-state index contributed by atoms with van der Waals surface area (Å²) in [6.07, 6.45) is 1.89. The molecule has 1 aliphatic rings. The Labute approximate surface area is 88.5 Å². The van der Waals surface area contributed by atoms with Crippen molar-refractivity contribution < 1.29 is 0 Å². The average Bonchev–Trinajstić information content (AvgIpc) is 2.65. The molecule has 3 heteroatoms. The van der Waals surface area contributed by atoms with Gasteiger partial charge in [0.05, 0.1) is 11.9 Å². The fourth-order valence-electron chi connectivity index (χ4n) is 2.26. The van der Waals surface area contributed by atoms with Gasteiger partial charge in [0, 0.05) is 23.4 Å². The number of rotatable bonds is 0. The zero-order valence-corrected chi connectivity index (χ0v) is 8.89. The Morgan fingerprint density at radius 1 is 1.27 bits per heavy atom. The van der Waals surface area contributed by atoms with Crippen LogP contribution < -0.4 is 5.32 Å². The van der Waals surface area contributed by atoms with E-state index < -0.39 is 0 Å². The van der Waals surface area contributed by atoms with Gasteiger partial charge in [0.2, 0.25) is 0 Å². The minimum Gasteiger partial charge on any atom is -0.380 e. The van der Waals surface area contributed by atoms with E-state index in [9.17, 15) is 0 Å². The molecular formula is C12H13N3. The minimum absolute atomic E-state index is 0.864. The van der Waals surface area contributed by atoms with E-state index >= 15 is 0 Å². The number of H-pyrrole nitrogens is 1. The van der Waals surface area contributed by atoms with E-state index in [4.69, 9.17) is 0 Å². The summed E-state index contributed by atoms with van der Waals surface area (Å²) in [7, 11) is 0. The lowest BCUT2D eigenvalue weighted by Crippen LogP contribution is -2.09. The standard InChI is InChI=1S/C12H13N3/c1-7-3-8(2)11-10(4-7)12-9(5-13-11)6-14-15-12/h3-4,6,13H,5H2,1-2H3,(H,14,15). The molecule has 1 aliphatic heterocycles. The number of anilines is 1. The van der Waals surface area contributed by atoms with Crippen LogP contribution in [0.4, 0.5) is 5.69 Å². The molecule has 76 valence electrons. The summed E-state index contributed by atoms with van der Waals surface area (Å²) < 4.78 is 0. The number of nitrogens with one attached hydrogen (secondary N) is 2. The van der Waals surface area contributed by atoms with Crippen molar-refractivity contribution in [3.63, 3.8) is 0 Å². The van der Waals surface area contributed by atoms with Crippen LogP contribution in [0.25, 0.3) is 11.3 Å². The normalized spacial score (nSPS) is 12.9. The van der Waals surface area contributed by atoms with Gasteiger partial charge in [0.15, 0.2) is 0 Å². The molecule has 1 aromatic heterocycles. The van der Waals surface area contributed by atoms with Crippen LogP contribution in [0.5, 0.6) is 0 Å². The summed E-state index contributed by atoms with van der Waals surface area (Å²) in [5.41, 5.74) is 7.47. The highest BCUT2D eigenvalue weighted by Crippen LogP contribution is 2.36. The van der Waals surface area contributed by atoms with E-state index in [1.165, 1.54) is 27.9 Å². The number of hydrogen-bond donors (Lipinski definition) is 2. The molecule has 0 atom stereocenters. The van der Waals surface area contributed by atoms with Crippen molar-refractivity contribution in [2.75, 3.05) is 5.32 Å². The van der Waals surface area contributed by atoms with Crippen molar-refractivity contribution >= 4 is 5.69 Å². The molecule has 3 nitrogen and oxygen atoms in total. The topological polar surface area (TPSA) is 40.7 Å². The first-order valence-corrected chi connectivity index (χ1v) is 5.13. The number of hydrogen-bond acceptors (Lipinski definition) is 2. The summed E-state index contributed by atoms with van der Waals surface area (Å²) in [5, 5.41) is 10.6. The second-order valence-electron chi connectivity index (χ2n) is 4.13. The third-order valence-electron chi connectivity index (χ3n) is 2.92. The number of aromatic amines is 1. The van der Waals surface area contributed by atoms with Crippen LogP contribution in [0.1, 0.15) is 16.7 Å². The second kappa shape index (κ2) is 2.86. The van der Waals surface area contributed by atoms with E-state index in [0.29, 0.717) is 0 Å². The highest BCUT2D eigenvalue weighted by Gasteiger charge is 2.18. The van der Waals surface area contributed by atoms with Crippen molar-refractivity contribution in [2.24, 2.45) is 0 Å². The average molecular weight is 199 g/mol. The number of benzene rings is 1. The largest absolute Gasteiger partial charge is 0.380 e. The molecule has 0 saturated carbocycles. The molecule has 3 rings (SSSR count). The van der Waals surface area contributed by atoms with E-state index in [-0.39, 0.29) is 0 Å². The lowest BCUT2D eigenvalue weighted by molar-refractivity contribution is 1.09. The zero-order chi connectivity index (χ0) is 10.4. The molecule has 0 unspecified atom stereocenters. The third kappa shape index (κ3) is 1.16. The highest BCUT2D eigenvalue weighted by molar-refractivity contribution is 5.82. The van der Waals surface area contributed by atoms with Gasteiger partial charge in [0.1, 0.15) is 0 Å². The van der Waals surface area contributed by atoms with Crippen molar-refractivity contribution in [1.29, 1.82) is 0 Å². The summed E-state index contributed by atoms with van der Waals surface area (Å²) >= 11 is 0. The third-order valence-corrected chi connectivity index (χ3v) is 2.92. The van der Waals surface area contributed by atoms with E-state index in [1.54, 1.807) is 0 Å². The highest BCUT2D eigenvalue weighted by atomic mass is 15.1. The zero-order valence-electron chi connectivity index (χ0n) is 8.89. The maximum atomic E-state index is 4.10. The van der Waals surface area contributed by atoms with Gasteiger partial charge in [-0.2, -0.15) is 5.10 Å². The van der Waals surface area contributed by atoms with E-state index in [0.717, 1.165) is 12.2 Å². The molecule has 2 N–H and O–H groups in total. The summed E-state index contributed by atoms with van der Waals surface area (Å²) in [4.78, 5) is 0. The first-order valence-electron chi connectivity index (χ1n) is 5.13. The molecule has 15 heavy (non-hydrogen) atoms. The van der Waals surface area contributed by atoms with Crippen LogP contribution in [0, 0.1) is 13.8 Å². The molecular weight excluding hydrogens is 186 g/mol. The van der Waals surface area contributed by atoms with Crippen LogP contribution >= 0.6 is 0 Å². The molecule has 0 fully saturated rings. The van der Waals surface area contributed by atoms with Gasteiger partial charge in [-0.3, -0.25) is 5.10 Å². The number of nitrogens with zero attached hydrogens (tertiary/aromatic N) is 1. The Hall–Kier alpha value is -1.77.